The first-order valence-corrected chi connectivity index (χ1v) is 7.83. The molecule has 118 valence electrons. The van der Waals surface area contributed by atoms with E-state index in [9.17, 15) is 4.79 Å². The summed E-state index contributed by atoms with van der Waals surface area (Å²) in [5, 5.41) is 0. The number of aryl methyl sites for hydroxylation is 2. The molecular weight excluding hydrogens is 266 g/mol. The Morgan fingerprint density at radius 3 is 2.52 bits per heavy atom. The van der Waals surface area contributed by atoms with Gasteiger partial charge in [0.15, 0.2) is 0 Å². The zero-order chi connectivity index (χ0) is 15.4. The van der Waals surface area contributed by atoms with Crippen molar-refractivity contribution in [2.75, 3.05) is 39.3 Å². The van der Waals surface area contributed by atoms with Crippen LogP contribution in [0.15, 0.2) is 4.42 Å². The van der Waals surface area contributed by atoms with Crippen LogP contribution in [0.5, 0.6) is 0 Å². The largest absolute Gasteiger partial charge is 0.466 e. The highest BCUT2D eigenvalue weighted by Crippen LogP contribution is 2.22. The molecule has 1 aliphatic heterocycles. The molecule has 0 aliphatic carbocycles. The van der Waals surface area contributed by atoms with E-state index >= 15 is 0 Å². The maximum absolute atomic E-state index is 12.8. The topological polar surface area (TPSA) is 62.7 Å². The van der Waals surface area contributed by atoms with Crippen molar-refractivity contribution >= 4 is 5.91 Å². The third-order valence-electron chi connectivity index (χ3n) is 4.33. The van der Waals surface area contributed by atoms with Gasteiger partial charge in [-0.15, -0.1) is 0 Å². The van der Waals surface area contributed by atoms with Crippen molar-refractivity contribution in [1.29, 1.82) is 0 Å². The summed E-state index contributed by atoms with van der Waals surface area (Å²) in [5.74, 6) is 1.69. The summed E-state index contributed by atoms with van der Waals surface area (Å²) in [6.07, 6.45) is 2.04. The van der Waals surface area contributed by atoms with Crippen LogP contribution in [-0.2, 0) is 0 Å². The molecular formula is C16H27N3O2. The number of nitrogens with two attached hydrogens (primary N) is 1. The standard InChI is InChI=1S/C16H27N3O2/c1-12-13(2)21-14(3)15(12)16(20)19-9-5-8-18(10-11-19)7-4-6-17/h4-11,17H2,1-3H3. The smallest absolute Gasteiger partial charge is 0.257 e. The summed E-state index contributed by atoms with van der Waals surface area (Å²) in [5.41, 5.74) is 7.30. The first kappa shape index (κ1) is 16.0. The number of carbonyl (C=O) groups excluding carboxylic acids is 1. The van der Waals surface area contributed by atoms with Crippen LogP contribution in [0.2, 0.25) is 0 Å². The number of nitrogens with zero attached hydrogens (tertiary/aromatic N) is 2. The number of amides is 1. The molecule has 0 atom stereocenters. The van der Waals surface area contributed by atoms with Gasteiger partial charge in [-0.25, -0.2) is 0 Å². The molecule has 1 saturated heterocycles. The maximum Gasteiger partial charge on any atom is 0.257 e. The molecule has 1 amide bonds. The number of furan rings is 1. The average molecular weight is 293 g/mol. The van der Waals surface area contributed by atoms with Gasteiger partial charge in [-0.05, 0) is 53.2 Å². The fraction of sp³-hybridized carbons (Fsp3) is 0.688. The van der Waals surface area contributed by atoms with Crippen molar-refractivity contribution in [3.8, 4) is 0 Å². The van der Waals surface area contributed by atoms with E-state index in [1.54, 1.807) is 0 Å². The molecule has 2 N–H and O–H groups in total. The van der Waals surface area contributed by atoms with Gasteiger partial charge in [-0.1, -0.05) is 0 Å². The highest BCUT2D eigenvalue weighted by atomic mass is 16.3. The van der Waals surface area contributed by atoms with E-state index < -0.39 is 0 Å². The summed E-state index contributed by atoms with van der Waals surface area (Å²) >= 11 is 0. The summed E-state index contributed by atoms with van der Waals surface area (Å²) < 4.78 is 5.59. The molecule has 5 heteroatoms. The third-order valence-corrected chi connectivity index (χ3v) is 4.33. The highest BCUT2D eigenvalue weighted by Gasteiger charge is 2.25. The van der Waals surface area contributed by atoms with Crippen LogP contribution >= 0.6 is 0 Å². The van der Waals surface area contributed by atoms with Gasteiger partial charge in [0.1, 0.15) is 11.5 Å². The highest BCUT2D eigenvalue weighted by molar-refractivity contribution is 5.96. The maximum atomic E-state index is 12.8. The molecule has 21 heavy (non-hydrogen) atoms. The predicted octanol–water partition coefficient (Wildman–Crippen LogP) is 1.70. The van der Waals surface area contributed by atoms with Crippen molar-refractivity contribution in [3.05, 3.63) is 22.6 Å². The quantitative estimate of drug-likeness (QED) is 0.918. The summed E-state index contributed by atoms with van der Waals surface area (Å²) in [7, 11) is 0. The van der Waals surface area contributed by atoms with Crippen molar-refractivity contribution in [2.24, 2.45) is 5.73 Å². The van der Waals surface area contributed by atoms with Crippen LogP contribution in [-0.4, -0.2) is 55.0 Å². The zero-order valence-corrected chi connectivity index (χ0v) is 13.4. The van der Waals surface area contributed by atoms with E-state index in [0.717, 1.165) is 74.8 Å². The molecule has 0 saturated carbocycles. The molecule has 1 aromatic heterocycles. The first-order chi connectivity index (χ1) is 10.0. The van der Waals surface area contributed by atoms with Gasteiger partial charge in [0.2, 0.25) is 0 Å². The fourth-order valence-electron chi connectivity index (χ4n) is 2.98. The second-order valence-electron chi connectivity index (χ2n) is 5.84. The molecule has 0 bridgehead atoms. The lowest BCUT2D eigenvalue weighted by atomic mass is 10.1. The minimum atomic E-state index is 0.113. The Morgan fingerprint density at radius 1 is 1.14 bits per heavy atom. The Morgan fingerprint density at radius 2 is 1.90 bits per heavy atom. The van der Waals surface area contributed by atoms with Crippen molar-refractivity contribution in [2.45, 2.75) is 33.6 Å². The number of rotatable bonds is 4. The van der Waals surface area contributed by atoms with E-state index in [4.69, 9.17) is 10.2 Å². The second kappa shape index (κ2) is 7.09. The Hall–Kier alpha value is -1.33. The van der Waals surface area contributed by atoms with Gasteiger partial charge in [-0.3, -0.25) is 4.79 Å². The second-order valence-corrected chi connectivity index (χ2v) is 5.84. The van der Waals surface area contributed by atoms with Crippen LogP contribution in [0.3, 0.4) is 0 Å². The van der Waals surface area contributed by atoms with Crippen LogP contribution in [0, 0.1) is 20.8 Å². The lowest BCUT2D eigenvalue weighted by Gasteiger charge is -2.22. The van der Waals surface area contributed by atoms with E-state index in [2.05, 4.69) is 4.90 Å². The molecule has 5 nitrogen and oxygen atoms in total. The fourth-order valence-corrected chi connectivity index (χ4v) is 2.98. The zero-order valence-electron chi connectivity index (χ0n) is 13.4. The molecule has 1 fully saturated rings. The Bertz CT molecular complexity index is 496. The number of carbonyl (C=O) groups is 1. The number of hydrogen-bond acceptors (Lipinski definition) is 4. The van der Waals surface area contributed by atoms with Crippen molar-refractivity contribution < 1.29 is 9.21 Å². The Labute approximate surface area is 127 Å². The molecule has 1 aromatic rings. The number of hydrogen-bond donors (Lipinski definition) is 1. The lowest BCUT2D eigenvalue weighted by molar-refractivity contribution is 0.0759. The summed E-state index contributed by atoms with van der Waals surface area (Å²) in [6.45, 7) is 11.1. The van der Waals surface area contributed by atoms with Gasteiger partial charge in [0.05, 0.1) is 5.56 Å². The van der Waals surface area contributed by atoms with Gasteiger partial charge in [-0.2, -0.15) is 0 Å². The van der Waals surface area contributed by atoms with E-state index in [-0.39, 0.29) is 5.91 Å². The van der Waals surface area contributed by atoms with Crippen LogP contribution in [0.4, 0.5) is 0 Å². The Kier molecular flexibility index (Phi) is 5.42. The molecule has 0 spiro atoms. The minimum absolute atomic E-state index is 0.113. The molecule has 1 aliphatic rings. The Balaban J connectivity index is 2.03. The van der Waals surface area contributed by atoms with E-state index in [1.165, 1.54) is 0 Å². The lowest BCUT2D eigenvalue weighted by Crippen LogP contribution is -2.36. The van der Waals surface area contributed by atoms with Crippen LogP contribution in [0.1, 0.15) is 40.3 Å². The normalized spacial score (nSPS) is 17.0. The summed E-state index contributed by atoms with van der Waals surface area (Å²) in [6, 6.07) is 0. The predicted molar refractivity (Wildman–Crippen MR) is 83.6 cm³/mol. The molecule has 0 unspecified atom stereocenters. The molecule has 2 heterocycles. The van der Waals surface area contributed by atoms with Gasteiger partial charge >= 0.3 is 0 Å². The van der Waals surface area contributed by atoms with Gasteiger partial charge in [0, 0.05) is 25.2 Å². The summed E-state index contributed by atoms with van der Waals surface area (Å²) in [4.78, 5) is 17.1. The molecule has 0 aromatic carbocycles. The van der Waals surface area contributed by atoms with Crippen molar-refractivity contribution in [3.63, 3.8) is 0 Å². The SMILES string of the molecule is Cc1oc(C)c(C(=O)N2CCCN(CCCN)CC2)c1C. The monoisotopic (exact) mass is 293 g/mol. The van der Waals surface area contributed by atoms with Gasteiger partial charge in [0.25, 0.3) is 5.91 Å². The van der Waals surface area contributed by atoms with Gasteiger partial charge < -0.3 is 20.0 Å². The third kappa shape index (κ3) is 3.66. The molecule has 0 radical (unpaired) electrons. The average Bonchev–Trinajstić information content (AvgIpc) is 2.64. The molecule has 2 rings (SSSR count). The minimum Gasteiger partial charge on any atom is -0.466 e. The van der Waals surface area contributed by atoms with Crippen LogP contribution in [0.25, 0.3) is 0 Å². The van der Waals surface area contributed by atoms with E-state index in [0.29, 0.717) is 0 Å². The van der Waals surface area contributed by atoms with Crippen LogP contribution < -0.4 is 5.73 Å². The van der Waals surface area contributed by atoms with E-state index in [1.807, 2.05) is 25.7 Å². The first-order valence-electron chi connectivity index (χ1n) is 7.83. The van der Waals surface area contributed by atoms with Crippen molar-refractivity contribution in [1.82, 2.24) is 9.80 Å².